The third-order valence-electron chi connectivity index (χ3n) is 7.01. The van der Waals surface area contributed by atoms with E-state index in [4.69, 9.17) is 0 Å². The van der Waals surface area contributed by atoms with E-state index in [1.54, 1.807) is 6.08 Å². The lowest BCUT2D eigenvalue weighted by Crippen LogP contribution is -2.50. The number of allylic oxidation sites excluding steroid dienone is 9. The average molecular weight is 624 g/mol. The van der Waals surface area contributed by atoms with Crippen LogP contribution in [-0.4, -0.2) is 53.1 Å². The largest absolute Gasteiger partial charge is 0.387 e. The van der Waals surface area contributed by atoms with E-state index >= 15 is 0 Å². The van der Waals surface area contributed by atoms with Crippen LogP contribution in [0.1, 0.15) is 129 Å². The molecule has 0 radical (unpaired) electrons. The van der Waals surface area contributed by atoms with Crippen LogP contribution in [0.3, 0.4) is 0 Å². The van der Waals surface area contributed by atoms with Gasteiger partial charge >= 0.3 is 0 Å². The third kappa shape index (κ3) is 28.5. The summed E-state index contributed by atoms with van der Waals surface area (Å²) in [6.45, 7) is 4.32. The van der Waals surface area contributed by atoms with Crippen molar-refractivity contribution in [1.82, 2.24) is 5.32 Å². The van der Waals surface area contributed by atoms with E-state index in [-0.39, 0.29) is 6.42 Å². The summed E-state index contributed by atoms with van der Waals surface area (Å²) in [5, 5.41) is 23.1. The molecule has 0 aliphatic carbocycles. The van der Waals surface area contributed by atoms with E-state index in [1.165, 1.54) is 31.8 Å². The summed E-state index contributed by atoms with van der Waals surface area (Å²) in [6, 6.07) is -1.26. The standard InChI is InChI=1S/C35H61NO6S/c1-3-5-7-9-11-13-15-16-17-18-19-20-22-24-26-28-30-34(38)35(39)36-32(31-43(40,41)42)33(37)29-27-25-23-21-14-12-10-8-6-4-2/h6,8,11,13-14,16-17,21,27,29,32-34,37-38H,3-5,7,9-10,12,15,18-20,22-26,28,30-31H2,1-2H3,(H,36,39)(H,40,41,42)/b8-6+,13-11-,17-16-,21-14+,29-27+. The number of carbonyl (C=O) groups excluding carboxylic acids is 1. The van der Waals surface area contributed by atoms with E-state index in [0.717, 1.165) is 70.6 Å². The Kier molecular flexibility index (Phi) is 27.4. The van der Waals surface area contributed by atoms with Crippen LogP contribution in [0.25, 0.3) is 0 Å². The van der Waals surface area contributed by atoms with Crippen molar-refractivity contribution in [3.05, 3.63) is 60.8 Å². The van der Waals surface area contributed by atoms with Crippen LogP contribution in [0.4, 0.5) is 0 Å². The van der Waals surface area contributed by atoms with Crippen LogP contribution in [0.5, 0.6) is 0 Å². The summed E-state index contributed by atoms with van der Waals surface area (Å²) < 4.78 is 32.2. The number of amides is 1. The van der Waals surface area contributed by atoms with Crippen molar-refractivity contribution in [1.29, 1.82) is 0 Å². The number of hydrogen-bond donors (Lipinski definition) is 4. The lowest BCUT2D eigenvalue weighted by molar-refractivity contribution is -0.130. The molecule has 8 heteroatoms. The molecule has 0 aromatic rings. The molecule has 43 heavy (non-hydrogen) atoms. The topological polar surface area (TPSA) is 124 Å². The van der Waals surface area contributed by atoms with Crippen LogP contribution >= 0.6 is 0 Å². The molecular weight excluding hydrogens is 562 g/mol. The summed E-state index contributed by atoms with van der Waals surface area (Å²) in [6.07, 6.45) is 35.7. The first-order valence-corrected chi connectivity index (χ1v) is 18.2. The predicted octanol–water partition coefficient (Wildman–Crippen LogP) is 7.92. The second-order valence-electron chi connectivity index (χ2n) is 11.2. The molecule has 0 bridgehead atoms. The van der Waals surface area contributed by atoms with Crippen molar-refractivity contribution in [3.63, 3.8) is 0 Å². The van der Waals surface area contributed by atoms with Crippen LogP contribution in [0.15, 0.2) is 60.8 Å². The normalized spacial score (nSPS) is 15.0. The highest BCUT2D eigenvalue weighted by Gasteiger charge is 2.27. The molecular formula is C35H61NO6S. The number of nitrogens with one attached hydrogen (secondary N) is 1. The first-order chi connectivity index (χ1) is 20.7. The zero-order chi connectivity index (χ0) is 32.0. The summed E-state index contributed by atoms with van der Waals surface area (Å²) in [5.74, 6) is -1.59. The van der Waals surface area contributed by atoms with Gasteiger partial charge in [-0.3, -0.25) is 9.35 Å². The first kappa shape index (κ1) is 41.0. The molecule has 0 fully saturated rings. The molecule has 0 aromatic heterocycles. The van der Waals surface area contributed by atoms with Crippen LogP contribution in [-0.2, 0) is 14.9 Å². The third-order valence-corrected chi connectivity index (χ3v) is 7.79. The van der Waals surface area contributed by atoms with Crippen LogP contribution in [0.2, 0.25) is 0 Å². The molecule has 1 amide bonds. The van der Waals surface area contributed by atoms with Gasteiger partial charge in [0.1, 0.15) is 6.10 Å². The molecule has 0 saturated carbocycles. The Balaban J connectivity index is 4.23. The molecule has 3 atom stereocenters. The van der Waals surface area contributed by atoms with Gasteiger partial charge in [0.2, 0.25) is 5.91 Å². The molecule has 4 N–H and O–H groups in total. The molecule has 0 aromatic carbocycles. The number of unbranched alkanes of at least 4 members (excludes halogenated alkanes) is 11. The Morgan fingerprint density at radius 3 is 1.77 bits per heavy atom. The molecule has 7 nitrogen and oxygen atoms in total. The fraction of sp³-hybridized carbons (Fsp3) is 0.686. The maximum absolute atomic E-state index is 12.5. The van der Waals surface area contributed by atoms with Crippen LogP contribution < -0.4 is 5.32 Å². The number of aliphatic hydroxyl groups is 2. The van der Waals surface area contributed by atoms with Crippen molar-refractivity contribution in [2.75, 3.05) is 5.75 Å². The second-order valence-corrected chi connectivity index (χ2v) is 12.7. The molecule has 0 rings (SSSR count). The fourth-order valence-corrected chi connectivity index (χ4v) is 5.20. The highest BCUT2D eigenvalue weighted by Crippen LogP contribution is 2.11. The Morgan fingerprint density at radius 2 is 1.19 bits per heavy atom. The zero-order valence-electron chi connectivity index (χ0n) is 26.9. The molecule has 3 unspecified atom stereocenters. The molecule has 0 aliphatic heterocycles. The first-order valence-electron chi connectivity index (χ1n) is 16.6. The van der Waals surface area contributed by atoms with Gasteiger partial charge in [-0.25, -0.2) is 0 Å². The van der Waals surface area contributed by atoms with E-state index in [2.05, 4.69) is 67.8 Å². The molecule has 0 spiro atoms. The van der Waals surface area contributed by atoms with E-state index in [9.17, 15) is 28.0 Å². The van der Waals surface area contributed by atoms with Gasteiger partial charge in [0.25, 0.3) is 10.1 Å². The predicted molar refractivity (Wildman–Crippen MR) is 181 cm³/mol. The van der Waals surface area contributed by atoms with E-state index in [0.29, 0.717) is 12.8 Å². The van der Waals surface area contributed by atoms with Gasteiger partial charge in [-0.05, 0) is 70.6 Å². The van der Waals surface area contributed by atoms with Crippen molar-refractivity contribution < 1.29 is 28.0 Å². The minimum atomic E-state index is -4.45. The minimum absolute atomic E-state index is 0.256. The lowest BCUT2D eigenvalue weighted by atomic mass is 10.0. The molecule has 0 saturated heterocycles. The maximum atomic E-state index is 12.5. The van der Waals surface area contributed by atoms with Crippen molar-refractivity contribution in [2.24, 2.45) is 0 Å². The van der Waals surface area contributed by atoms with E-state index in [1.807, 2.05) is 0 Å². The maximum Gasteiger partial charge on any atom is 0.267 e. The van der Waals surface area contributed by atoms with Gasteiger partial charge in [0.15, 0.2) is 0 Å². The Morgan fingerprint density at radius 1 is 0.674 bits per heavy atom. The van der Waals surface area contributed by atoms with Gasteiger partial charge in [0.05, 0.1) is 17.9 Å². The van der Waals surface area contributed by atoms with Gasteiger partial charge in [-0.2, -0.15) is 8.42 Å². The molecule has 0 aliphatic rings. The molecule has 248 valence electrons. The minimum Gasteiger partial charge on any atom is -0.387 e. The van der Waals surface area contributed by atoms with Crippen molar-refractivity contribution >= 4 is 16.0 Å². The Bertz CT molecular complexity index is 923. The SMILES string of the molecule is CC/C=C/CC/C=C/CC/C=C/C(O)C(CS(=O)(=O)O)NC(=O)C(O)CCCCCCCC/C=C\C/C=C\CCCCC. The number of hydrogen-bond acceptors (Lipinski definition) is 5. The Hall–Kier alpha value is -2.00. The summed E-state index contributed by atoms with van der Waals surface area (Å²) >= 11 is 0. The van der Waals surface area contributed by atoms with Gasteiger partial charge in [0, 0.05) is 0 Å². The fourth-order valence-electron chi connectivity index (χ4n) is 4.46. The average Bonchev–Trinajstić information content (AvgIpc) is 2.96. The molecule has 0 heterocycles. The summed E-state index contributed by atoms with van der Waals surface area (Å²) in [7, 11) is -4.45. The van der Waals surface area contributed by atoms with Crippen molar-refractivity contribution in [3.8, 4) is 0 Å². The Labute approximate surface area is 263 Å². The lowest BCUT2D eigenvalue weighted by Gasteiger charge is -2.22. The highest BCUT2D eigenvalue weighted by molar-refractivity contribution is 7.85. The van der Waals surface area contributed by atoms with Crippen molar-refractivity contribution in [2.45, 2.75) is 148 Å². The van der Waals surface area contributed by atoms with Gasteiger partial charge < -0.3 is 15.5 Å². The van der Waals surface area contributed by atoms with Gasteiger partial charge in [-0.15, -0.1) is 0 Å². The zero-order valence-corrected chi connectivity index (χ0v) is 27.7. The highest BCUT2D eigenvalue weighted by atomic mass is 32.2. The quantitative estimate of drug-likeness (QED) is 0.0399. The second kappa shape index (κ2) is 28.8. The smallest absolute Gasteiger partial charge is 0.267 e. The number of aliphatic hydroxyl groups excluding tert-OH is 2. The number of rotatable bonds is 28. The summed E-state index contributed by atoms with van der Waals surface area (Å²) in [5.41, 5.74) is 0. The number of carbonyl (C=O) groups is 1. The monoisotopic (exact) mass is 623 g/mol. The van der Waals surface area contributed by atoms with Gasteiger partial charge in [-0.1, -0.05) is 120 Å². The summed E-state index contributed by atoms with van der Waals surface area (Å²) in [4.78, 5) is 12.5. The van der Waals surface area contributed by atoms with E-state index < -0.39 is 40.0 Å². The van der Waals surface area contributed by atoms with Crippen LogP contribution in [0, 0.1) is 0 Å².